The largest absolute Gasteiger partial charge is 0.353 e. The van der Waals surface area contributed by atoms with Crippen LogP contribution in [0.3, 0.4) is 0 Å². The highest BCUT2D eigenvalue weighted by atomic mass is 16.2. The smallest absolute Gasteiger partial charge is 0.253 e. The first kappa shape index (κ1) is 20.9. The van der Waals surface area contributed by atoms with E-state index in [-0.39, 0.29) is 23.8 Å². The number of hydrogen-bond acceptors (Lipinski definition) is 4. The van der Waals surface area contributed by atoms with Crippen molar-refractivity contribution >= 4 is 17.7 Å². The van der Waals surface area contributed by atoms with Crippen molar-refractivity contribution in [1.82, 2.24) is 20.4 Å². The zero-order valence-electron chi connectivity index (χ0n) is 16.5. The van der Waals surface area contributed by atoms with E-state index in [1.807, 2.05) is 30.9 Å². The van der Waals surface area contributed by atoms with Crippen LogP contribution in [-0.2, 0) is 16.1 Å². The first-order chi connectivity index (χ1) is 12.9. The molecule has 0 aromatic heterocycles. The molecule has 27 heavy (non-hydrogen) atoms. The van der Waals surface area contributed by atoms with Gasteiger partial charge >= 0.3 is 0 Å². The van der Waals surface area contributed by atoms with E-state index in [1.54, 1.807) is 12.1 Å². The van der Waals surface area contributed by atoms with Gasteiger partial charge in [-0.3, -0.25) is 19.3 Å². The third-order valence-electron chi connectivity index (χ3n) is 4.79. The molecule has 1 atom stereocenters. The van der Waals surface area contributed by atoms with Crippen LogP contribution in [0.4, 0.5) is 0 Å². The molecule has 7 heteroatoms. The van der Waals surface area contributed by atoms with E-state index in [1.165, 1.54) is 6.92 Å². The third-order valence-corrected chi connectivity index (χ3v) is 4.79. The summed E-state index contributed by atoms with van der Waals surface area (Å²) in [5.41, 5.74) is 1.60. The molecule has 0 spiro atoms. The summed E-state index contributed by atoms with van der Waals surface area (Å²) in [5, 5.41) is 5.71. The summed E-state index contributed by atoms with van der Waals surface area (Å²) in [7, 11) is 0. The van der Waals surface area contributed by atoms with E-state index in [0.717, 1.165) is 12.0 Å². The standard InChI is InChI=1S/C20H30N4O3/c1-4-15(2)22-19(26)14-23-9-11-24(12-10-23)20(27)18-7-5-17(6-8-18)13-21-16(3)25/h5-8,15H,4,9-14H2,1-3H3,(H,21,25)(H,22,26). The molecular weight excluding hydrogens is 344 g/mol. The van der Waals surface area contributed by atoms with Crippen molar-refractivity contribution in [3.8, 4) is 0 Å². The molecular formula is C20H30N4O3. The molecule has 148 valence electrons. The number of nitrogens with zero attached hydrogens (tertiary/aromatic N) is 2. The van der Waals surface area contributed by atoms with Crippen LogP contribution < -0.4 is 10.6 Å². The van der Waals surface area contributed by atoms with Crippen molar-refractivity contribution in [3.05, 3.63) is 35.4 Å². The summed E-state index contributed by atoms with van der Waals surface area (Å²) in [5.74, 6) is -0.0328. The number of carbonyl (C=O) groups excluding carboxylic acids is 3. The van der Waals surface area contributed by atoms with E-state index in [2.05, 4.69) is 15.5 Å². The maximum absolute atomic E-state index is 12.6. The van der Waals surface area contributed by atoms with Gasteiger partial charge in [0.15, 0.2) is 0 Å². The molecule has 1 unspecified atom stereocenters. The van der Waals surface area contributed by atoms with Crippen LogP contribution in [0.15, 0.2) is 24.3 Å². The Morgan fingerprint density at radius 1 is 1.07 bits per heavy atom. The molecule has 0 bridgehead atoms. The zero-order chi connectivity index (χ0) is 19.8. The molecule has 2 N–H and O–H groups in total. The van der Waals surface area contributed by atoms with E-state index >= 15 is 0 Å². The summed E-state index contributed by atoms with van der Waals surface area (Å²) in [6, 6.07) is 7.50. The molecule has 1 aliphatic rings. The van der Waals surface area contributed by atoms with Crippen molar-refractivity contribution in [2.24, 2.45) is 0 Å². The predicted molar refractivity (Wildman–Crippen MR) is 104 cm³/mol. The van der Waals surface area contributed by atoms with Crippen molar-refractivity contribution in [1.29, 1.82) is 0 Å². The average molecular weight is 374 g/mol. The fourth-order valence-electron chi connectivity index (χ4n) is 2.91. The van der Waals surface area contributed by atoms with Gasteiger partial charge < -0.3 is 15.5 Å². The van der Waals surface area contributed by atoms with Crippen molar-refractivity contribution < 1.29 is 14.4 Å². The average Bonchev–Trinajstić information content (AvgIpc) is 2.66. The summed E-state index contributed by atoms with van der Waals surface area (Å²) in [6.45, 7) is 8.97. The minimum Gasteiger partial charge on any atom is -0.353 e. The maximum Gasteiger partial charge on any atom is 0.253 e. The Labute approximate surface area is 161 Å². The normalized spacial score (nSPS) is 15.9. The van der Waals surface area contributed by atoms with Gasteiger partial charge in [0.2, 0.25) is 11.8 Å². The Kier molecular flexibility index (Phi) is 7.79. The van der Waals surface area contributed by atoms with Crippen molar-refractivity contribution in [2.75, 3.05) is 32.7 Å². The lowest BCUT2D eigenvalue weighted by molar-refractivity contribution is -0.123. The van der Waals surface area contributed by atoms with Gasteiger partial charge in [0, 0.05) is 51.3 Å². The molecule has 1 aromatic carbocycles. The Morgan fingerprint density at radius 2 is 1.70 bits per heavy atom. The van der Waals surface area contributed by atoms with Gasteiger partial charge in [0.1, 0.15) is 0 Å². The van der Waals surface area contributed by atoms with E-state index < -0.39 is 0 Å². The fraction of sp³-hybridized carbons (Fsp3) is 0.550. The van der Waals surface area contributed by atoms with Gasteiger partial charge in [-0.1, -0.05) is 19.1 Å². The Bertz CT molecular complexity index is 652. The predicted octanol–water partition coefficient (Wildman–Crippen LogP) is 0.995. The molecule has 1 aromatic rings. The van der Waals surface area contributed by atoms with Crippen LogP contribution in [0.25, 0.3) is 0 Å². The van der Waals surface area contributed by atoms with Crippen LogP contribution in [0, 0.1) is 0 Å². The SMILES string of the molecule is CCC(C)NC(=O)CN1CCN(C(=O)c2ccc(CNC(C)=O)cc2)CC1. The fourth-order valence-corrected chi connectivity index (χ4v) is 2.91. The molecule has 0 radical (unpaired) electrons. The first-order valence-corrected chi connectivity index (χ1v) is 9.53. The minimum atomic E-state index is -0.0779. The summed E-state index contributed by atoms with van der Waals surface area (Å²) in [6.07, 6.45) is 0.914. The number of benzene rings is 1. The summed E-state index contributed by atoms with van der Waals surface area (Å²) >= 11 is 0. The monoisotopic (exact) mass is 374 g/mol. The van der Waals surface area contributed by atoms with Crippen LogP contribution >= 0.6 is 0 Å². The molecule has 1 fully saturated rings. The van der Waals surface area contributed by atoms with Crippen LogP contribution in [0.2, 0.25) is 0 Å². The Balaban J connectivity index is 1.80. The summed E-state index contributed by atoms with van der Waals surface area (Å²) < 4.78 is 0. The lowest BCUT2D eigenvalue weighted by atomic mass is 10.1. The maximum atomic E-state index is 12.6. The zero-order valence-corrected chi connectivity index (χ0v) is 16.5. The van der Waals surface area contributed by atoms with Gasteiger partial charge in [-0.2, -0.15) is 0 Å². The second-order valence-corrected chi connectivity index (χ2v) is 7.05. The number of hydrogen-bond donors (Lipinski definition) is 2. The number of piperazine rings is 1. The van der Waals surface area contributed by atoms with Gasteiger partial charge in [0.05, 0.1) is 6.54 Å². The number of nitrogens with one attached hydrogen (secondary N) is 2. The molecule has 1 aliphatic heterocycles. The molecule has 3 amide bonds. The lowest BCUT2D eigenvalue weighted by Crippen LogP contribution is -2.51. The van der Waals surface area contributed by atoms with E-state index in [0.29, 0.717) is 44.8 Å². The number of carbonyl (C=O) groups is 3. The Morgan fingerprint density at radius 3 is 2.26 bits per heavy atom. The van der Waals surface area contributed by atoms with E-state index in [9.17, 15) is 14.4 Å². The van der Waals surface area contributed by atoms with Crippen LogP contribution in [-0.4, -0.2) is 66.3 Å². The quantitative estimate of drug-likeness (QED) is 0.746. The molecule has 1 heterocycles. The van der Waals surface area contributed by atoms with Crippen molar-refractivity contribution in [2.45, 2.75) is 39.8 Å². The summed E-state index contributed by atoms with van der Waals surface area (Å²) in [4.78, 5) is 39.5. The highest BCUT2D eigenvalue weighted by Gasteiger charge is 2.23. The number of rotatable bonds is 7. The van der Waals surface area contributed by atoms with Crippen molar-refractivity contribution in [3.63, 3.8) is 0 Å². The second-order valence-electron chi connectivity index (χ2n) is 7.05. The van der Waals surface area contributed by atoms with Crippen LogP contribution in [0.5, 0.6) is 0 Å². The lowest BCUT2D eigenvalue weighted by Gasteiger charge is -2.34. The van der Waals surface area contributed by atoms with Gasteiger partial charge in [-0.15, -0.1) is 0 Å². The van der Waals surface area contributed by atoms with Gasteiger partial charge in [-0.05, 0) is 31.0 Å². The van der Waals surface area contributed by atoms with E-state index in [4.69, 9.17) is 0 Å². The topological polar surface area (TPSA) is 81.8 Å². The molecule has 2 rings (SSSR count). The molecule has 0 aliphatic carbocycles. The van der Waals surface area contributed by atoms with Gasteiger partial charge in [0.25, 0.3) is 5.91 Å². The molecule has 0 saturated carbocycles. The third kappa shape index (κ3) is 6.67. The molecule has 1 saturated heterocycles. The minimum absolute atomic E-state index is 0.00443. The van der Waals surface area contributed by atoms with Gasteiger partial charge in [-0.25, -0.2) is 0 Å². The Hall–Kier alpha value is -2.41. The second kappa shape index (κ2) is 10.1. The highest BCUT2D eigenvalue weighted by Crippen LogP contribution is 2.10. The van der Waals surface area contributed by atoms with Crippen LogP contribution in [0.1, 0.15) is 43.1 Å². The first-order valence-electron chi connectivity index (χ1n) is 9.53. The number of amides is 3. The molecule has 7 nitrogen and oxygen atoms in total. The highest BCUT2D eigenvalue weighted by molar-refractivity contribution is 5.94.